The molecule has 1 heterocycles. The van der Waals surface area contributed by atoms with Crippen LogP contribution in [0.5, 0.6) is 0 Å². The highest BCUT2D eigenvalue weighted by Gasteiger charge is 2.05. The van der Waals surface area contributed by atoms with Gasteiger partial charge in [-0.05, 0) is 6.92 Å². The number of methoxy groups -OCH3 is 1. The molecule has 0 atom stereocenters. The second kappa shape index (κ2) is 6.91. The molecule has 0 radical (unpaired) electrons. The van der Waals surface area contributed by atoms with Crippen molar-refractivity contribution >= 4 is 5.91 Å². The van der Waals surface area contributed by atoms with Crippen LogP contribution in [0.25, 0.3) is 0 Å². The monoisotopic (exact) mass is 228 g/mol. The molecule has 0 unspecified atom stereocenters. The smallest absolute Gasteiger partial charge is 0.234 e. The first kappa shape index (κ1) is 12.6. The number of carbonyl (C=O) groups excluding carboxylic acids is 1. The Morgan fingerprint density at radius 1 is 1.50 bits per heavy atom. The van der Waals surface area contributed by atoms with E-state index in [-0.39, 0.29) is 12.5 Å². The predicted octanol–water partition coefficient (Wildman–Crippen LogP) is -0.770. The van der Waals surface area contributed by atoms with Gasteiger partial charge in [-0.2, -0.15) is 0 Å². The van der Waals surface area contributed by atoms with Crippen LogP contribution in [0.15, 0.2) is 4.63 Å². The van der Waals surface area contributed by atoms with Crippen molar-refractivity contribution in [2.24, 2.45) is 0 Å². The summed E-state index contributed by atoms with van der Waals surface area (Å²) in [5, 5.41) is 13.0. The van der Waals surface area contributed by atoms with Gasteiger partial charge < -0.3 is 15.4 Å². The molecule has 1 rings (SSSR count). The Kier molecular flexibility index (Phi) is 5.44. The topological polar surface area (TPSA) is 89.3 Å². The maximum Gasteiger partial charge on any atom is 0.234 e. The molecule has 0 aliphatic heterocycles. The number of nitrogens with zero attached hydrogens (tertiary/aromatic N) is 2. The lowest BCUT2D eigenvalue weighted by molar-refractivity contribution is -0.120. The van der Waals surface area contributed by atoms with Gasteiger partial charge in [0.1, 0.15) is 11.4 Å². The van der Waals surface area contributed by atoms with Gasteiger partial charge in [0.2, 0.25) is 5.91 Å². The maximum atomic E-state index is 11.2. The van der Waals surface area contributed by atoms with Crippen molar-refractivity contribution in [3.05, 3.63) is 11.4 Å². The second-order valence-corrected chi connectivity index (χ2v) is 3.24. The second-order valence-electron chi connectivity index (χ2n) is 3.24. The molecule has 7 heteroatoms. The van der Waals surface area contributed by atoms with E-state index in [4.69, 9.17) is 4.74 Å². The molecule has 90 valence electrons. The Balaban J connectivity index is 2.11. The highest BCUT2D eigenvalue weighted by Crippen LogP contribution is 1.98. The van der Waals surface area contributed by atoms with E-state index in [9.17, 15) is 4.79 Å². The van der Waals surface area contributed by atoms with Gasteiger partial charge in [-0.25, -0.2) is 4.63 Å². The van der Waals surface area contributed by atoms with Gasteiger partial charge in [0, 0.05) is 20.2 Å². The number of hydrogen-bond donors (Lipinski definition) is 2. The fourth-order valence-corrected chi connectivity index (χ4v) is 1.06. The van der Waals surface area contributed by atoms with Crippen LogP contribution in [-0.4, -0.2) is 43.0 Å². The highest BCUT2D eigenvalue weighted by molar-refractivity contribution is 5.77. The molecule has 7 nitrogen and oxygen atoms in total. The van der Waals surface area contributed by atoms with Crippen LogP contribution in [0, 0.1) is 6.92 Å². The van der Waals surface area contributed by atoms with Crippen molar-refractivity contribution in [1.29, 1.82) is 0 Å². The number of nitrogens with one attached hydrogen (secondary N) is 2. The minimum Gasteiger partial charge on any atom is -0.383 e. The van der Waals surface area contributed by atoms with Crippen LogP contribution in [0.2, 0.25) is 0 Å². The molecule has 0 saturated carbocycles. The molecule has 0 fully saturated rings. The van der Waals surface area contributed by atoms with Crippen LogP contribution < -0.4 is 10.6 Å². The fraction of sp³-hybridized carbons (Fsp3) is 0.667. The zero-order chi connectivity index (χ0) is 11.8. The molecule has 16 heavy (non-hydrogen) atoms. The average Bonchev–Trinajstić information content (AvgIpc) is 2.65. The van der Waals surface area contributed by atoms with E-state index in [1.165, 1.54) is 0 Å². The van der Waals surface area contributed by atoms with E-state index in [1.807, 2.05) is 0 Å². The Morgan fingerprint density at radius 3 is 2.94 bits per heavy atom. The first-order chi connectivity index (χ1) is 7.74. The molecular weight excluding hydrogens is 212 g/mol. The number of carbonyl (C=O) groups is 1. The number of rotatable bonds is 7. The van der Waals surface area contributed by atoms with E-state index >= 15 is 0 Å². The summed E-state index contributed by atoms with van der Waals surface area (Å²) in [5.74, 6) is -0.0776. The number of aromatic nitrogens is 2. The fourth-order valence-electron chi connectivity index (χ4n) is 1.06. The Hall–Kier alpha value is -1.47. The van der Waals surface area contributed by atoms with Crippen molar-refractivity contribution in [2.45, 2.75) is 13.5 Å². The standard InChI is InChI=1S/C9H16N4O3/c1-7-8(13-16-12-7)5-10-6-9(14)11-3-4-15-2/h10H,3-6H2,1-2H3,(H,11,14). The summed E-state index contributed by atoms with van der Waals surface area (Å²) in [5.41, 5.74) is 1.44. The van der Waals surface area contributed by atoms with Crippen molar-refractivity contribution in [3.8, 4) is 0 Å². The van der Waals surface area contributed by atoms with Gasteiger partial charge >= 0.3 is 0 Å². The molecule has 0 aliphatic rings. The predicted molar refractivity (Wildman–Crippen MR) is 55.6 cm³/mol. The third-order valence-electron chi connectivity index (χ3n) is 1.95. The zero-order valence-corrected chi connectivity index (χ0v) is 9.45. The van der Waals surface area contributed by atoms with E-state index in [1.54, 1.807) is 14.0 Å². The van der Waals surface area contributed by atoms with Crippen LogP contribution in [0.3, 0.4) is 0 Å². The average molecular weight is 228 g/mol. The first-order valence-electron chi connectivity index (χ1n) is 4.98. The van der Waals surface area contributed by atoms with Crippen molar-refractivity contribution in [3.63, 3.8) is 0 Å². The molecule has 1 aromatic rings. The van der Waals surface area contributed by atoms with E-state index in [0.717, 1.165) is 5.69 Å². The van der Waals surface area contributed by atoms with Gasteiger partial charge in [0.05, 0.1) is 13.2 Å². The number of aryl methyl sites for hydroxylation is 1. The first-order valence-corrected chi connectivity index (χ1v) is 4.98. The Morgan fingerprint density at radius 2 is 2.31 bits per heavy atom. The van der Waals surface area contributed by atoms with Crippen molar-refractivity contribution < 1.29 is 14.2 Å². The summed E-state index contributed by atoms with van der Waals surface area (Å²) in [6.45, 7) is 3.52. The van der Waals surface area contributed by atoms with Gasteiger partial charge in [-0.15, -0.1) is 0 Å². The SMILES string of the molecule is COCCNC(=O)CNCc1nonc1C. The molecule has 0 saturated heterocycles. The third kappa shape index (κ3) is 4.37. The minimum atomic E-state index is -0.0776. The maximum absolute atomic E-state index is 11.2. The molecule has 1 aromatic heterocycles. The van der Waals surface area contributed by atoms with Crippen LogP contribution in [-0.2, 0) is 16.1 Å². The summed E-state index contributed by atoms with van der Waals surface area (Å²) in [7, 11) is 1.59. The minimum absolute atomic E-state index is 0.0776. The molecule has 1 amide bonds. The van der Waals surface area contributed by atoms with Crippen LogP contribution in [0.1, 0.15) is 11.4 Å². The van der Waals surface area contributed by atoms with Crippen molar-refractivity contribution in [2.75, 3.05) is 26.8 Å². The molecule has 0 bridgehead atoms. The quantitative estimate of drug-likeness (QED) is 0.596. The normalized spacial score (nSPS) is 10.4. The number of ether oxygens (including phenoxy) is 1. The summed E-state index contributed by atoms with van der Waals surface area (Å²) in [6.07, 6.45) is 0. The molecule has 0 aromatic carbocycles. The molecular formula is C9H16N4O3. The van der Waals surface area contributed by atoms with Crippen LogP contribution >= 0.6 is 0 Å². The highest BCUT2D eigenvalue weighted by atomic mass is 16.6. The molecule has 0 aliphatic carbocycles. The summed E-state index contributed by atoms with van der Waals surface area (Å²) in [4.78, 5) is 11.2. The lowest BCUT2D eigenvalue weighted by Crippen LogP contribution is -2.35. The van der Waals surface area contributed by atoms with Gasteiger partial charge in [-0.1, -0.05) is 10.3 Å². The Bertz CT molecular complexity index is 326. The van der Waals surface area contributed by atoms with Gasteiger partial charge in [0.15, 0.2) is 0 Å². The summed E-state index contributed by atoms with van der Waals surface area (Å²) < 4.78 is 9.33. The van der Waals surface area contributed by atoms with Gasteiger partial charge in [-0.3, -0.25) is 4.79 Å². The summed E-state index contributed by atoms with van der Waals surface area (Å²) >= 11 is 0. The van der Waals surface area contributed by atoms with E-state index in [0.29, 0.717) is 25.4 Å². The lowest BCUT2D eigenvalue weighted by atomic mass is 10.3. The summed E-state index contributed by atoms with van der Waals surface area (Å²) in [6, 6.07) is 0. The van der Waals surface area contributed by atoms with E-state index < -0.39 is 0 Å². The van der Waals surface area contributed by atoms with Gasteiger partial charge in [0.25, 0.3) is 0 Å². The van der Waals surface area contributed by atoms with Crippen LogP contribution in [0.4, 0.5) is 0 Å². The Labute approximate surface area is 93.5 Å². The molecule has 2 N–H and O–H groups in total. The number of hydrogen-bond acceptors (Lipinski definition) is 6. The lowest BCUT2D eigenvalue weighted by Gasteiger charge is -2.04. The third-order valence-corrected chi connectivity index (χ3v) is 1.95. The largest absolute Gasteiger partial charge is 0.383 e. The van der Waals surface area contributed by atoms with E-state index in [2.05, 4.69) is 25.6 Å². The number of amides is 1. The van der Waals surface area contributed by atoms with Crippen molar-refractivity contribution in [1.82, 2.24) is 20.9 Å². The zero-order valence-electron chi connectivity index (χ0n) is 9.45. The molecule has 0 spiro atoms.